The minimum Gasteiger partial charge on any atom is -0.493 e. The van der Waals surface area contributed by atoms with Crippen molar-refractivity contribution in [3.8, 4) is 5.75 Å². The first-order chi connectivity index (χ1) is 18.4. The van der Waals surface area contributed by atoms with E-state index >= 15 is 0 Å². The largest absolute Gasteiger partial charge is 0.493 e. The van der Waals surface area contributed by atoms with Crippen LogP contribution in [-0.4, -0.2) is 66.4 Å². The number of nitrogens with two attached hydrogens (primary N) is 1. The van der Waals surface area contributed by atoms with E-state index in [4.69, 9.17) is 10.5 Å². The highest BCUT2D eigenvalue weighted by atomic mass is 32.2. The summed E-state index contributed by atoms with van der Waals surface area (Å²) >= 11 is 0. The smallest absolute Gasteiger partial charge is 0.252 e. The van der Waals surface area contributed by atoms with Crippen LogP contribution in [0.2, 0.25) is 0 Å². The van der Waals surface area contributed by atoms with Gasteiger partial charge in [0.15, 0.2) is 0 Å². The number of benzene rings is 2. The maximum atomic E-state index is 13.8. The van der Waals surface area contributed by atoms with Crippen molar-refractivity contribution in [2.45, 2.75) is 11.3 Å². The van der Waals surface area contributed by atoms with Crippen LogP contribution in [0.4, 0.5) is 17.2 Å². The van der Waals surface area contributed by atoms with Crippen LogP contribution in [0, 0.1) is 0 Å². The van der Waals surface area contributed by atoms with Gasteiger partial charge in [0.2, 0.25) is 10.0 Å². The lowest BCUT2D eigenvalue weighted by Gasteiger charge is -2.34. The number of carbonyl (C=O) groups excluding carboxylic acids is 1. The van der Waals surface area contributed by atoms with E-state index in [0.717, 1.165) is 17.0 Å². The summed E-state index contributed by atoms with van der Waals surface area (Å²) in [6.07, 6.45) is 6.93. The first-order valence-corrected chi connectivity index (χ1v) is 13.6. The first-order valence-electron chi connectivity index (χ1n) is 12.2. The molecule has 12 heteroatoms. The number of pyridine rings is 1. The van der Waals surface area contributed by atoms with Gasteiger partial charge in [-0.3, -0.25) is 14.8 Å². The third-order valence-electron chi connectivity index (χ3n) is 6.86. The molecule has 1 saturated heterocycles. The molecule has 1 amide bonds. The van der Waals surface area contributed by atoms with Crippen LogP contribution in [0.1, 0.15) is 15.9 Å². The van der Waals surface area contributed by atoms with Gasteiger partial charge in [0.1, 0.15) is 16.5 Å². The molecule has 2 aliphatic heterocycles. The second-order valence-corrected chi connectivity index (χ2v) is 10.9. The highest BCUT2D eigenvalue weighted by Crippen LogP contribution is 2.37. The zero-order valence-corrected chi connectivity index (χ0v) is 21.2. The first kappa shape index (κ1) is 24.1. The Bertz CT molecular complexity index is 1640. The van der Waals surface area contributed by atoms with Gasteiger partial charge in [0.05, 0.1) is 29.6 Å². The van der Waals surface area contributed by atoms with Gasteiger partial charge in [-0.2, -0.15) is 4.31 Å². The number of aromatic nitrogens is 3. The van der Waals surface area contributed by atoms with Gasteiger partial charge >= 0.3 is 0 Å². The summed E-state index contributed by atoms with van der Waals surface area (Å²) in [4.78, 5) is 27.2. The third kappa shape index (κ3) is 4.17. The molecule has 194 valence electrons. The minimum atomic E-state index is -3.88. The number of para-hydroxylation sites is 1. The fourth-order valence-electron chi connectivity index (χ4n) is 4.95. The van der Waals surface area contributed by atoms with E-state index in [2.05, 4.69) is 20.3 Å². The van der Waals surface area contributed by atoms with E-state index in [-0.39, 0.29) is 29.1 Å². The summed E-state index contributed by atoms with van der Waals surface area (Å²) in [5.41, 5.74) is 8.28. The van der Waals surface area contributed by atoms with Gasteiger partial charge in [-0.1, -0.05) is 18.2 Å². The van der Waals surface area contributed by atoms with Crippen molar-refractivity contribution in [1.29, 1.82) is 0 Å². The van der Waals surface area contributed by atoms with E-state index in [1.54, 1.807) is 36.8 Å². The quantitative estimate of drug-likeness (QED) is 0.383. The van der Waals surface area contributed by atoms with E-state index in [1.807, 2.05) is 23.1 Å². The molecule has 2 aromatic carbocycles. The Morgan fingerprint density at radius 1 is 1.00 bits per heavy atom. The molecule has 38 heavy (non-hydrogen) atoms. The van der Waals surface area contributed by atoms with Gasteiger partial charge in [0, 0.05) is 67.8 Å². The Morgan fingerprint density at radius 3 is 2.58 bits per heavy atom. The summed E-state index contributed by atoms with van der Waals surface area (Å²) in [5, 5.41) is 3.81. The number of hydrogen-bond donors (Lipinski definition) is 2. The Balaban J connectivity index is 1.37. The topological polar surface area (TPSA) is 144 Å². The van der Waals surface area contributed by atoms with Gasteiger partial charge in [-0.05, 0) is 18.2 Å². The SMILES string of the molecule is NC(=O)c1cnc2c(S(=O)(=O)N3CCN(c4cnccn4)CC3)cccc2c1Nc1cccc2c1CCO2. The van der Waals surface area contributed by atoms with Crippen LogP contribution in [0.3, 0.4) is 0 Å². The van der Waals surface area contributed by atoms with E-state index < -0.39 is 15.9 Å². The fourth-order valence-corrected chi connectivity index (χ4v) is 6.53. The monoisotopic (exact) mass is 531 g/mol. The molecular formula is C26H25N7O4S. The van der Waals surface area contributed by atoms with Gasteiger partial charge < -0.3 is 20.7 Å². The molecule has 0 aliphatic carbocycles. The Morgan fingerprint density at radius 2 is 1.82 bits per heavy atom. The van der Waals surface area contributed by atoms with Crippen molar-refractivity contribution in [3.05, 3.63) is 72.3 Å². The number of sulfonamides is 1. The second kappa shape index (κ2) is 9.54. The van der Waals surface area contributed by atoms with Crippen molar-refractivity contribution in [2.24, 2.45) is 5.73 Å². The van der Waals surface area contributed by atoms with Gasteiger partial charge in [-0.25, -0.2) is 13.4 Å². The van der Waals surface area contributed by atoms with Crippen LogP contribution in [0.15, 0.2) is 66.1 Å². The van der Waals surface area contributed by atoms with E-state index in [9.17, 15) is 13.2 Å². The molecule has 0 unspecified atom stereocenters. The molecule has 2 aromatic heterocycles. The number of ether oxygens (including phenoxy) is 1. The molecule has 11 nitrogen and oxygen atoms in total. The summed E-state index contributed by atoms with van der Waals surface area (Å²) in [7, 11) is -3.88. The lowest BCUT2D eigenvalue weighted by atomic mass is 10.1. The Kier molecular flexibility index (Phi) is 6.04. The summed E-state index contributed by atoms with van der Waals surface area (Å²) < 4.78 is 34.7. The van der Waals surface area contributed by atoms with Crippen LogP contribution in [0.5, 0.6) is 5.75 Å². The zero-order valence-electron chi connectivity index (χ0n) is 20.4. The molecule has 4 aromatic rings. The van der Waals surface area contributed by atoms with Gasteiger partial charge in [-0.15, -0.1) is 0 Å². The average molecular weight is 532 g/mol. The molecular weight excluding hydrogens is 506 g/mol. The molecule has 0 atom stereocenters. The number of anilines is 3. The van der Waals surface area contributed by atoms with Crippen molar-refractivity contribution < 1.29 is 17.9 Å². The number of hydrogen-bond acceptors (Lipinski definition) is 9. The number of piperazine rings is 1. The molecule has 1 fully saturated rings. The summed E-state index contributed by atoms with van der Waals surface area (Å²) in [6.45, 7) is 2.11. The van der Waals surface area contributed by atoms with Crippen molar-refractivity contribution >= 4 is 44.0 Å². The maximum absolute atomic E-state index is 13.8. The van der Waals surface area contributed by atoms with E-state index in [1.165, 1.54) is 10.5 Å². The maximum Gasteiger partial charge on any atom is 0.252 e. The van der Waals surface area contributed by atoms with Crippen LogP contribution in [-0.2, 0) is 16.4 Å². The number of nitrogens with one attached hydrogen (secondary N) is 1. The molecule has 0 radical (unpaired) electrons. The average Bonchev–Trinajstić information content (AvgIpc) is 3.43. The highest BCUT2D eigenvalue weighted by molar-refractivity contribution is 7.89. The Hall–Kier alpha value is -4.29. The number of rotatable bonds is 6. The lowest BCUT2D eigenvalue weighted by molar-refractivity contribution is 0.100. The van der Waals surface area contributed by atoms with Crippen LogP contribution in [0.25, 0.3) is 10.9 Å². The number of nitrogens with zero attached hydrogens (tertiary/aromatic N) is 5. The third-order valence-corrected chi connectivity index (χ3v) is 8.79. The summed E-state index contributed by atoms with van der Waals surface area (Å²) in [6, 6.07) is 10.6. The van der Waals surface area contributed by atoms with Crippen LogP contribution < -0.4 is 20.7 Å². The second-order valence-electron chi connectivity index (χ2n) is 9.02. The molecule has 4 heterocycles. The Labute approximate surface area is 219 Å². The fraction of sp³-hybridized carbons (Fsp3) is 0.231. The molecule has 6 rings (SSSR count). The number of fused-ring (bicyclic) bond motifs is 2. The number of carbonyl (C=O) groups is 1. The predicted molar refractivity (Wildman–Crippen MR) is 142 cm³/mol. The van der Waals surface area contributed by atoms with Crippen molar-refractivity contribution in [3.63, 3.8) is 0 Å². The molecule has 2 aliphatic rings. The standard InChI is InChI=1S/C26H25N7O4S/c27-26(34)19-15-30-25-18(24(19)31-20-4-2-5-21-17(20)7-14-37-21)3-1-6-22(25)38(35,36)33-12-10-32(11-13-33)23-16-28-8-9-29-23/h1-6,8-9,15-16H,7,10-14H2,(H2,27,34)(H,30,31). The molecule has 3 N–H and O–H groups in total. The van der Waals surface area contributed by atoms with Gasteiger partial charge in [0.25, 0.3) is 5.91 Å². The number of amides is 1. The number of primary amides is 1. The lowest BCUT2D eigenvalue weighted by Crippen LogP contribution is -2.49. The van der Waals surface area contributed by atoms with Crippen molar-refractivity contribution in [2.75, 3.05) is 43.0 Å². The van der Waals surface area contributed by atoms with E-state index in [0.29, 0.717) is 43.0 Å². The van der Waals surface area contributed by atoms with Crippen LogP contribution >= 0.6 is 0 Å². The predicted octanol–water partition coefficient (Wildman–Crippen LogP) is 2.31. The normalized spacial score (nSPS) is 15.7. The molecule has 0 bridgehead atoms. The molecule has 0 saturated carbocycles. The molecule has 0 spiro atoms. The minimum absolute atomic E-state index is 0.0728. The zero-order chi connectivity index (χ0) is 26.3. The summed E-state index contributed by atoms with van der Waals surface area (Å²) in [5.74, 6) is 0.820. The van der Waals surface area contributed by atoms with Crippen molar-refractivity contribution in [1.82, 2.24) is 19.3 Å². The highest BCUT2D eigenvalue weighted by Gasteiger charge is 2.31.